The maximum Gasteiger partial charge on any atom is 0.241 e. The molecule has 3 rings (SSSR count). The van der Waals surface area contributed by atoms with E-state index in [9.17, 15) is 13.2 Å². The molecule has 1 heterocycles. The third-order valence-electron chi connectivity index (χ3n) is 4.48. The van der Waals surface area contributed by atoms with Crippen molar-refractivity contribution in [2.75, 3.05) is 32.2 Å². The number of hydrogen-bond donors (Lipinski definition) is 1. The molecule has 0 unspecified atom stereocenters. The highest BCUT2D eigenvalue weighted by Crippen LogP contribution is 2.39. The van der Waals surface area contributed by atoms with E-state index < -0.39 is 16.3 Å². The number of hydrogen-bond acceptors (Lipinski definition) is 5. The molecule has 0 aromatic heterocycles. The van der Waals surface area contributed by atoms with Crippen molar-refractivity contribution in [1.82, 2.24) is 4.72 Å². The number of ether oxygens (including phenoxy) is 2. The number of carbonyl (C=O) groups excluding carboxylic acids is 1. The lowest BCUT2D eigenvalue weighted by Gasteiger charge is -2.19. The molecule has 2 aliphatic rings. The molecule has 1 aromatic carbocycles. The third-order valence-corrected chi connectivity index (χ3v) is 6.86. The van der Waals surface area contributed by atoms with Gasteiger partial charge in [0.05, 0.1) is 11.4 Å². The van der Waals surface area contributed by atoms with Gasteiger partial charge >= 0.3 is 0 Å². The van der Waals surface area contributed by atoms with Crippen LogP contribution in [0.25, 0.3) is 0 Å². The Morgan fingerprint density at radius 2 is 2.04 bits per heavy atom. The van der Waals surface area contributed by atoms with Crippen molar-refractivity contribution in [3.8, 4) is 0 Å². The molecule has 7 nitrogen and oxygen atoms in total. The summed E-state index contributed by atoms with van der Waals surface area (Å²) in [7, 11) is -0.897. The molecule has 1 N–H and O–H groups in total. The SMILES string of the molecule is COC(CNS(=O)(=O)c1cc2c(cc1Br)CCN2C(=O)C1CC1)OC. The molecule has 0 spiro atoms. The first kappa shape index (κ1) is 18.8. The summed E-state index contributed by atoms with van der Waals surface area (Å²) in [4.78, 5) is 14.2. The average Bonchev–Trinajstić information content (AvgIpc) is 3.35. The van der Waals surface area contributed by atoms with E-state index in [0.717, 1.165) is 24.8 Å². The highest BCUT2D eigenvalue weighted by atomic mass is 79.9. The highest BCUT2D eigenvalue weighted by Gasteiger charge is 2.37. The fourth-order valence-electron chi connectivity index (χ4n) is 2.89. The number of benzene rings is 1. The molecular formula is C16H21BrN2O5S. The number of halogens is 1. The molecule has 25 heavy (non-hydrogen) atoms. The van der Waals surface area contributed by atoms with E-state index in [-0.39, 0.29) is 23.3 Å². The Balaban J connectivity index is 1.87. The first-order valence-corrected chi connectivity index (χ1v) is 10.3. The normalized spacial score (nSPS) is 17.2. The van der Waals surface area contributed by atoms with Gasteiger partial charge in [0.15, 0.2) is 6.29 Å². The van der Waals surface area contributed by atoms with Crippen LogP contribution in [-0.4, -0.2) is 47.9 Å². The van der Waals surface area contributed by atoms with Crippen LogP contribution in [0.15, 0.2) is 21.5 Å². The monoisotopic (exact) mass is 432 g/mol. The number of anilines is 1. The van der Waals surface area contributed by atoms with Crippen LogP contribution < -0.4 is 9.62 Å². The van der Waals surface area contributed by atoms with Crippen LogP contribution >= 0.6 is 15.9 Å². The van der Waals surface area contributed by atoms with Crippen molar-refractivity contribution in [1.29, 1.82) is 0 Å². The Morgan fingerprint density at radius 1 is 1.36 bits per heavy atom. The summed E-state index contributed by atoms with van der Waals surface area (Å²) in [5.41, 5.74) is 1.67. The summed E-state index contributed by atoms with van der Waals surface area (Å²) in [6, 6.07) is 3.36. The van der Waals surface area contributed by atoms with E-state index in [4.69, 9.17) is 9.47 Å². The van der Waals surface area contributed by atoms with Gasteiger partial charge in [-0.1, -0.05) is 0 Å². The lowest BCUT2D eigenvalue weighted by atomic mass is 10.2. The molecule has 1 aromatic rings. The molecule has 138 valence electrons. The number of nitrogens with one attached hydrogen (secondary N) is 1. The Labute approximate surface area is 155 Å². The van der Waals surface area contributed by atoms with Crippen LogP contribution in [0, 0.1) is 5.92 Å². The zero-order chi connectivity index (χ0) is 18.2. The predicted molar refractivity (Wildman–Crippen MR) is 95.9 cm³/mol. The van der Waals surface area contributed by atoms with Crippen LogP contribution in [0.2, 0.25) is 0 Å². The number of sulfonamides is 1. The van der Waals surface area contributed by atoms with Gasteiger partial charge in [0, 0.05) is 36.8 Å². The zero-order valence-corrected chi connectivity index (χ0v) is 16.5. The second-order valence-electron chi connectivity index (χ2n) is 6.18. The molecule has 1 fully saturated rings. The summed E-state index contributed by atoms with van der Waals surface area (Å²) in [6.45, 7) is 0.590. The lowest BCUT2D eigenvalue weighted by Crippen LogP contribution is -2.34. The molecule has 0 saturated heterocycles. The summed E-state index contributed by atoms with van der Waals surface area (Å²) in [5, 5.41) is 0. The topological polar surface area (TPSA) is 84.9 Å². The molecule has 1 saturated carbocycles. The Hall–Kier alpha value is -1.00. The van der Waals surface area contributed by atoms with Crippen molar-refractivity contribution in [3.05, 3.63) is 22.2 Å². The number of amides is 1. The minimum Gasteiger partial charge on any atom is -0.355 e. The largest absolute Gasteiger partial charge is 0.355 e. The second-order valence-corrected chi connectivity index (χ2v) is 8.77. The Morgan fingerprint density at radius 3 is 2.64 bits per heavy atom. The number of methoxy groups -OCH3 is 2. The highest BCUT2D eigenvalue weighted by molar-refractivity contribution is 9.10. The van der Waals surface area contributed by atoms with Gasteiger partial charge in [-0.25, -0.2) is 13.1 Å². The Kier molecular flexibility index (Phi) is 5.50. The molecule has 1 amide bonds. The van der Waals surface area contributed by atoms with Crippen molar-refractivity contribution in [3.63, 3.8) is 0 Å². The molecule has 0 bridgehead atoms. The van der Waals surface area contributed by atoms with E-state index in [2.05, 4.69) is 20.7 Å². The van der Waals surface area contributed by atoms with Gasteiger partial charge in [0.1, 0.15) is 0 Å². The van der Waals surface area contributed by atoms with Gasteiger partial charge in [0.25, 0.3) is 0 Å². The predicted octanol–water partition coefficient (Wildman–Crippen LogP) is 1.65. The molecule has 0 atom stereocenters. The minimum atomic E-state index is -3.78. The molecular weight excluding hydrogens is 412 g/mol. The second kappa shape index (κ2) is 7.32. The zero-order valence-electron chi connectivity index (χ0n) is 14.1. The van der Waals surface area contributed by atoms with Gasteiger partial charge in [0.2, 0.25) is 15.9 Å². The van der Waals surface area contributed by atoms with E-state index in [1.165, 1.54) is 14.2 Å². The van der Waals surface area contributed by atoms with Crippen molar-refractivity contribution < 1.29 is 22.7 Å². The van der Waals surface area contributed by atoms with E-state index in [1.54, 1.807) is 17.0 Å². The maximum absolute atomic E-state index is 12.7. The van der Waals surface area contributed by atoms with Crippen LogP contribution in [0.1, 0.15) is 18.4 Å². The van der Waals surface area contributed by atoms with Crippen molar-refractivity contribution in [2.24, 2.45) is 5.92 Å². The van der Waals surface area contributed by atoms with E-state index >= 15 is 0 Å². The van der Waals surface area contributed by atoms with Crippen LogP contribution in [0.4, 0.5) is 5.69 Å². The van der Waals surface area contributed by atoms with E-state index in [1.807, 2.05) is 0 Å². The minimum absolute atomic E-state index is 0.0103. The Bertz CT molecular complexity index is 775. The van der Waals surface area contributed by atoms with Gasteiger partial charge in [-0.2, -0.15) is 0 Å². The smallest absolute Gasteiger partial charge is 0.241 e. The standard InChI is InChI=1S/C16H21BrN2O5S/c1-23-15(24-2)9-18-25(21,22)14-8-13-11(7-12(14)17)5-6-19(13)16(20)10-3-4-10/h7-8,10,15,18H,3-6,9H2,1-2H3. The van der Waals surface area contributed by atoms with Gasteiger partial charge in [-0.3, -0.25) is 4.79 Å². The average molecular weight is 433 g/mol. The lowest BCUT2D eigenvalue weighted by molar-refractivity contribution is -0.119. The van der Waals surface area contributed by atoms with Crippen molar-refractivity contribution in [2.45, 2.75) is 30.4 Å². The maximum atomic E-state index is 12.7. The van der Waals surface area contributed by atoms with Crippen LogP contribution in [0.5, 0.6) is 0 Å². The van der Waals surface area contributed by atoms with Crippen molar-refractivity contribution >= 4 is 37.5 Å². The molecule has 9 heteroatoms. The fourth-order valence-corrected chi connectivity index (χ4v) is 5.02. The number of fused-ring (bicyclic) bond motifs is 1. The number of nitrogens with zero attached hydrogens (tertiary/aromatic N) is 1. The molecule has 1 aliphatic carbocycles. The van der Waals surface area contributed by atoms with Gasteiger partial charge < -0.3 is 14.4 Å². The first-order valence-electron chi connectivity index (χ1n) is 8.06. The fraction of sp³-hybridized carbons (Fsp3) is 0.562. The van der Waals surface area contributed by atoms with Crippen LogP contribution in [0.3, 0.4) is 0 Å². The van der Waals surface area contributed by atoms with E-state index in [0.29, 0.717) is 16.7 Å². The summed E-state index contributed by atoms with van der Waals surface area (Å²) < 4.78 is 38.3. The number of carbonyl (C=O) groups is 1. The third kappa shape index (κ3) is 3.90. The van der Waals surface area contributed by atoms with Crippen LogP contribution in [-0.2, 0) is 30.7 Å². The molecule has 0 radical (unpaired) electrons. The summed E-state index contributed by atoms with van der Waals surface area (Å²) in [6.07, 6.45) is 1.90. The quantitative estimate of drug-likeness (QED) is 0.661. The van der Waals surface area contributed by atoms with Gasteiger partial charge in [-0.15, -0.1) is 0 Å². The molecule has 1 aliphatic heterocycles. The summed E-state index contributed by atoms with van der Waals surface area (Å²) >= 11 is 3.34. The van der Waals surface area contributed by atoms with Gasteiger partial charge in [-0.05, 0) is 52.9 Å². The number of rotatable bonds is 7. The summed E-state index contributed by atoms with van der Waals surface area (Å²) in [5.74, 6) is 0.188. The first-order chi connectivity index (χ1) is 11.9.